The molecule has 2 unspecified atom stereocenters. The first-order valence-electron chi connectivity index (χ1n) is 8.23. The molecule has 0 heterocycles. The summed E-state index contributed by atoms with van der Waals surface area (Å²) >= 11 is 0. The van der Waals surface area contributed by atoms with E-state index in [0.29, 0.717) is 11.8 Å². The first-order valence-corrected chi connectivity index (χ1v) is 8.23. The minimum atomic E-state index is -0.455. The van der Waals surface area contributed by atoms with Gasteiger partial charge in [0.25, 0.3) is 0 Å². The lowest BCUT2D eigenvalue weighted by molar-refractivity contribution is 0.364. The van der Waals surface area contributed by atoms with Crippen molar-refractivity contribution in [1.82, 2.24) is 5.32 Å². The van der Waals surface area contributed by atoms with Gasteiger partial charge in [0.2, 0.25) is 0 Å². The smallest absolute Gasteiger partial charge is 0.126 e. The van der Waals surface area contributed by atoms with Crippen molar-refractivity contribution in [2.45, 2.75) is 51.9 Å². The third kappa shape index (κ3) is 5.06. The summed E-state index contributed by atoms with van der Waals surface area (Å²) in [5.74, 6) is 0.469. The predicted molar refractivity (Wildman–Crippen MR) is 83.4 cm³/mol. The fourth-order valence-electron chi connectivity index (χ4n) is 3.41. The maximum atomic E-state index is 13.5. The first-order chi connectivity index (χ1) is 10.1. The maximum absolute atomic E-state index is 13.5. The molecule has 1 N–H and O–H groups in total. The van der Waals surface area contributed by atoms with Crippen LogP contribution in [-0.4, -0.2) is 13.1 Å². The lowest BCUT2D eigenvalue weighted by Crippen LogP contribution is -2.29. The molecule has 0 radical (unpaired) electrons. The predicted octanol–water partition coefficient (Wildman–Crippen LogP) is 4.87. The quantitative estimate of drug-likeness (QED) is 0.764. The zero-order valence-corrected chi connectivity index (χ0v) is 13.2. The summed E-state index contributed by atoms with van der Waals surface area (Å²) in [5, 5.41) is 3.52. The highest BCUT2D eigenvalue weighted by Gasteiger charge is 2.25. The maximum Gasteiger partial charge on any atom is 0.126 e. The summed E-state index contributed by atoms with van der Waals surface area (Å²) in [4.78, 5) is 0. The van der Waals surface area contributed by atoms with Crippen LogP contribution in [-0.2, 0) is 0 Å². The molecular formula is C18H27F2N. The second kappa shape index (κ2) is 7.88. The molecule has 1 aliphatic rings. The highest BCUT2D eigenvalue weighted by Crippen LogP contribution is 2.36. The van der Waals surface area contributed by atoms with Crippen LogP contribution in [0.25, 0.3) is 0 Å². The first kappa shape index (κ1) is 16.4. The van der Waals surface area contributed by atoms with Gasteiger partial charge in [0.1, 0.15) is 11.6 Å². The van der Waals surface area contributed by atoms with E-state index < -0.39 is 11.6 Å². The Bertz CT molecular complexity index is 425. The number of hydrogen-bond donors (Lipinski definition) is 1. The largest absolute Gasteiger partial charge is 0.316 e. The Morgan fingerprint density at radius 2 is 1.71 bits per heavy atom. The van der Waals surface area contributed by atoms with Crippen molar-refractivity contribution in [2.75, 3.05) is 13.1 Å². The van der Waals surface area contributed by atoms with Crippen LogP contribution in [0, 0.1) is 23.5 Å². The number of hydrogen-bond acceptors (Lipinski definition) is 1. The molecule has 2 atom stereocenters. The van der Waals surface area contributed by atoms with Gasteiger partial charge in [-0.25, -0.2) is 8.78 Å². The van der Waals surface area contributed by atoms with Gasteiger partial charge >= 0.3 is 0 Å². The fraction of sp³-hybridized carbons (Fsp3) is 0.667. The van der Waals surface area contributed by atoms with Gasteiger partial charge < -0.3 is 5.32 Å². The van der Waals surface area contributed by atoms with Crippen molar-refractivity contribution in [3.05, 3.63) is 35.4 Å². The number of rotatable bonds is 5. The van der Waals surface area contributed by atoms with E-state index in [-0.39, 0.29) is 5.92 Å². The van der Waals surface area contributed by atoms with Crippen LogP contribution >= 0.6 is 0 Å². The molecule has 0 bridgehead atoms. The van der Waals surface area contributed by atoms with Crippen molar-refractivity contribution in [3.63, 3.8) is 0 Å². The van der Waals surface area contributed by atoms with E-state index in [0.717, 1.165) is 44.0 Å². The minimum Gasteiger partial charge on any atom is -0.316 e. The minimum absolute atomic E-state index is 0.275. The number of benzene rings is 1. The van der Waals surface area contributed by atoms with Crippen LogP contribution < -0.4 is 5.32 Å². The van der Waals surface area contributed by atoms with E-state index in [1.54, 1.807) is 0 Å². The van der Waals surface area contributed by atoms with E-state index in [1.165, 1.54) is 25.0 Å². The Hall–Kier alpha value is -0.960. The zero-order chi connectivity index (χ0) is 15.2. The van der Waals surface area contributed by atoms with Gasteiger partial charge in [-0.1, -0.05) is 33.1 Å². The molecular weight excluding hydrogens is 268 g/mol. The molecule has 1 aromatic carbocycles. The summed E-state index contributed by atoms with van der Waals surface area (Å²) in [6, 6.07) is 4.01. The highest BCUT2D eigenvalue weighted by molar-refractivity contribution is 5.23. The topological polar surface area (TPSA) is 12.0 Å². The van der Waals surface area contributed by atoms with Crippen molar-refractivity contribution in [1.29, 1.82) is 0 Å². The van der Waals surface area contributed by atoms with Crippen molar-refractivity contribution in [3.8, 4) is 0 Å². The molecule has 1 aromatic rings. The monoisotopic (exact) mass is 295 g/mol. The standard InChI is InChI=1S/C18H27F2N/c1-13(2)11-21-12-14-6-4-3-5-7-18(14)15-8-16(19)10-17(20)9-15/h8-10,13-14,18,21H,3-7,11-12H2,1-2H3. The molecule has 0 spiro atoms. The van der Waals surface area contributed by atoms with Gasteiger partial charge in [-0.05, 0) is 61.4 Å². The van der Waals surface area contributed by atoms with Crippen LogP contribution in [0.2, 0.25) is 0 Å². The Kier molecular flexibility index (Phi) is 6.16. The van der Waals surface area contributed by atoms with Gasteiger partial charge in [0.15, 0.2) is 0 Å². The molecule has 2 rings (SSSR count). The average Bonchev–Trinajstić information content (AvgIpc) is 2.62. The number of halogens is 2. The normalized spacial score (nSPS) is 23.3. The van der Waals surface area contributed by atoms with Crippen molar-refractivity contribution >= 4 is 0 Å². The SMILES string of the molecule is CC(C)CNCC1CCCCCC1c1cc(F)cc(F)c1. The van der Waals surface area contributed by atoms with E-state index in [4.69, 9.17) is 0 Å². The van der Waals surface area contributed by atoms with Crippen LogP contribution in [0.4, 0.5) is 8.78 Å². The molecule has 0 aromatic heterocycles. The Labute approximate surface area is 127 Å². The fourth-order valence-corrected chi connectivity index (χ4v) is 3.41. The second-order valence-corrected chi connectivity index (χ2v) is 6.76. The molecule has 0 aliphatic heterocycles. The van der Waals surface area contributed by atoms with Gasteiger partial charge in [-0.2, -0.15) is 0 Å². The van der Waals surface area contributed by atoms with Gasteiger partial charge in [-0.15, -0.1) is 0 Å². The molecule has 1 aliphatic carbocycles. The van der Waals surface area contributed by atoms with Crippen LogP contribution in [0.5, 0.6) is 0 Å². The van der Waals surface area contributed by atoms with Crippen molar-refractivity contribution in [2.24, 2.45) is 11.8 Å². The summed E-state index contributed by atoms with van der Waals surface area (Å²) in [6.07, 6.45) is 5.80. The lowest BCUT2D eigenvalue weighted by atomic mass is 9.82. The lowest BCUT2D eigenvalue weighted by Gasteiger charge is -2.26. The molecule has 118 valence electrons. The number of nitrogens with one attached hydrogen (secondary N) is 1. The molecule has 3 heteroatoms. The average molecular weight is 295 g/mol. The van der Waals surface area contributed by atoms with E-state index in [2.05, 4.69) is 19.2 Å². The summed E-state index contributed by atoms with van der Waals surface area (Å²) in [7, 11) is 0. The van der Waals surface area contributed by atoms with Crippen molar-refractivity contribution < 1.29 is 8.78 Å². The second-order valence-electron chi connectivity index (χ2n) is 6.76. The van der Waals surface area contributed by atoms with Crippen LogP contribution in [0.15, 0.2) is 18.2 Å². The highest BCUT2D eigenvalue weighted by atomic mass is 19.1. The molecule has 1 fully saturated rings. The van der Waals surface area contributed by atoms with Gasteiger partial charge in [0.05, 0.1) is 0 Å². The van der Waals surface area contributed by atoms with Crippen LogP contribution in [0.3, 0.4) is 0 Å². The third-order valence-corrected chi connectivity index (χ3v) is 4.43. The van der Waals surface area contributed by atoms with Gasteiger partial charge in [0, 0.05) is 6.07 Å². The molecule has 21 heavy (non-hydrogen) atoms. The van der Waals surface area contributed by atoms with Crippen LogP contribution in [0.1, 0.15) is 57.4 Å². The molecule has 0 saturated heterocycles. The third-order valence-electron chi connectivity index (χ3n) is 4.43. The van der Waals surface area contributed by atoms with E-state index in [9.17, 15) is 8.78 Å². The summed E-state index contributed by atoms with van der Waals surface area (Å²) < 4.78 is 27.0. The van der Waals surface area contributed by atoms with E-state index >= 15 is 0 Å². The van der Waals surface area contributed by atoms with Gasteiger partial charge in [-0.3, -0.25) is 0 Å². The Morgan fingerprint density at radius 3 is 2.38 bits per heavy atom. The zero-order valence-electron chi connectivity index (χ0n) is 13.2. The van der Waals surface area contributed by atoms with E-state index in [1.807, 2.05) is 0 Å². The molecule has 1 nitrogen and oxygen atoms in total. The Balaban J connectivity index is 2.10. The summed E-state index contributed by atoms with van der Waals surface area (Å²) in [6.45, 7) is 6.33. The summed E-state index contributed by atoms with van der Waals surface area (Å²) in [5.41, 5.74) is 0.839. The Morgan fingerprint density at radius 1 is 1.05 bits per heavy atom. The molecule has 0 amide bonds. The molecule has 1 saturated carbocycles.